The van der Waals surface area contributed by atoms with Gasteiger partial charge in [0.25, 0.3) is 0 Å². The highest BCUT2D eigenvalue weighted by Crippen LogP contribution is 2.32. The Morgan fingerprint density at radius 3 is 2.55 bits per heavy atom. The monoisotopic (exact) mass is 490 g/mol. The third-order valence-electron chi connectivity index (χ3n) is 3.18. The fourth-order valence-electron chi connectivity index (χ4n) is 2.02. The molecule has 2 aromatic carbocycles. The number of hydrogen-bond donors (Lipinski definition) is 3. The second kappa shape index (κ2) is 8.42. The molecule has 3 rings (SSSR count). The van der Waals surface area contributed by atoms with E-state index in [0.29, 0.717) is 6.54 Å². The van der Waals surface area contributed by atoms with Crippen molar-refractivity contribution < 1.29 is 0 Å². The predicted octanol–water partition coefficient (Wildman–Crippen LogP) is 3.82. The lowest BCUT2D eigenvalue weighted by Crippen LogP contribution is -2.50. The number of rotatable bonds is 1. The van der Waals surface area contributed by atoms with Crippen LogP contribution in [-0.4, -0.2) is 6.29 Å². The average molecular weight is 493 g/mol. The molecule has 1 aliphatic rings. The number of hydrogen-bond acceptors (Lipinski definition) is 4. The van der Waals surface area contributed by atoms with Gasteiger partial charge in [-0.25, -0.2) is 0 Å². The quantitative estimate of drug-likeness (QED) is 0.529. The van der Waals surface area contributed by atoms with E-state index in [-0.39, 0.29) is 6.29 Å². The number of benzene rings is 2. The summed E-state index contributed by atoms with van der Waals surface area (Å²) in [7, 11) is 0. The fraction of sp³-hybridized carbons (Fsp3) is 0.200. The maximum atomic E-state index is 5.80. The van der Waals surface area contributed by atoms with E-state index < -0.39 is 0 Å². The second-order valence-corrected chi connectivity index (χ2v) is 7.24. The number of anilines is 1. The zero-order valence-electron chi connectivity index (χ0n) is 11.8. The highest BCUT2D eigenvalue weighted by molar-refractivity contribution is 9.11. The van der Waals surface area contributed by atoms with Crippen LogP contribution in [0.5, 0.6) is 0 Å². The van der Waals surface area contributed by atoms with Crippen molar-refractivity contribution in [3.63, 3.8) is 0 Å². The highest BCUT2D eigenvalue weighted by Gasteiger charge is 2.21. The second-order valence-electron chi connectivity index (χ2n) is 4.71. The van der Waals surface area contributed by atoms with Crippen LogP contribution < -0.4 is 20.7 Å². The molecule has 1 aliphatic heterocycles. The van der Waals surface area contributed by atoms with E-state index in [2.05, 4.69) is 53.3 Å². The minimum atomic E-state index is -0.165. The molecule has 0 amide bonds. The van der Waals surface area contributed by atoms with Crippen molar-refractivity contribution in [1.29, 1.82) is 0 Å². The Labute approximate surface area is 155 Å². The van der Waals surface area contributed by atoms with Gasteiger partial charge < -0.3 is 5.73 Å². The van der Waals surface area contributed by atoms with Gasteiger partial charge in [0.2, 0.25) is 0 Å². The summed E-state index contributed by atoms with van der Waals surface area (Å²) in [6.07, 6.45) is -0.165. The highest BCUT2D eigenvalue weighted by atomic mass is 79.9. The van der Waals surface area contributed by atoms with Crippen LogP contribution in [-0.2, 0) is 13.1 Å². The van der Waals surface area contributed by atoms with Crippen LogP contribution in [0.1, 0.15) is 11.1 Å². The lowest BCUT2D eigenvalue weighted by atomic mass is 10.1. The van der Waals surface area contributed by atoms with Crippen molar-refractivity contribution in [1.82, 2.24) is 5.32 Å². The van der Waals surface area contributed by atoms with Gasteiger partial charge in [0.1, 0.15) is 6.29 Å². The molecule has 118 valence electrons. The minimum absolute atomic E-state index is 0.165. The Balaban J connectivity index is 0.000000172. The van der Waals surface area contributed by atoms with Gasteiger partial charge in [-0.2, -0.15) is 0 Å². The van der Waals surface area contributed by atoms with Crippen molar-refractivity contribution in [2.45, 2.75) is 19.4 Å². The molecule has 1 atom stereocenters. The molecule has 0 saturated heterocycles. The fourth-order valence-corrected chi connectivity index (χ4v) is 3.44. The average Bonchev–Trinajstić information content (AvgIpc) is 2.52. The van der Waals surface area contributed by atoms with E-state index in [1.54, 1.807) is 0 Å². The summed E-state index contributed by atoms with van der Waals surface area (Å²) in [6, 6.07) is 14.0. The number of fused-ring (bicyclic) bond motifs is 1. The SMILES string of the molecule is NC1NCc2c(Br)cccc2N1Br.NCc1cccc(Br)c1. The Kier molecular flexibility index (Phi) is 6.86. The summed E-state index contributed by atoms with van der Waals surface area (Å²) < 4.78 is 4.04. The van der Waals surface area contributed by atoms with Gasteiger partial charge in [0.15, 0.2) is 0 Å². The van der Waals surface area contributed by atoms with E-state index in [0.717, 1.165) is 26.7 Å². The largest absolute Gasteiger partial charge is 0.326 e. The number of nitrogens with one attached hydrogen (secondary N) is 1. The summed E-state index contributed by atoms with van der Waals surface area (Å²) in [5.74, 6) is 0. The normalized spacial score (nSPS) is 16.6. The van der Waals surface area contributed by atoms with Crippen molar-refractivity contribution in [3.05, 3.63) is 62.5 Å². The van der Waals surface area contributed by atoms with Gasteiger partial charge in [-0.15, -0.1) is 0 Å². The van der Waals surface area contributed by atoms with Crippen molar-refractivity contribution in [2.24, 2.45) is 11.5 Å². The molecule has 0 spiro atoms. The van der Waals surface area contributed by atoms with Gasteiger partial charge in [-0.05, 0) is 29.8 Å². The van der Waals surface area contributed by atoms with Crippen molar-refractivity contribution in [2.75, 3.05) is 3.93 Å². The number of halogens is 3. The molecular weight excluding hydrogens is 476 g/mol. The molecule has 2 aromatic rings. The van der Waals surface area contributed by atoms with E-state index >= 15 is 0 Å². The van der Waals surface area contributed by atoms with Crippen LogP contribution in [0.4, 0.5) is 5.69 Å². The maximum absolute atomic E-state index is 5.80. The topological polar surface area (TPSA) is 67.3 Å². The summed E-state index contributed by atoms with van der Waals surface area (Å²) in [5.41, 5.74) is 14.7. The van der Waals surface area contributed by atoms with Gasteiger partial charge in [0.05, 0.1) is 21.8 Å². The first kappa shape index (κ1) is 17.9. The first-order valence-corrected chi connectivity index (χ1v) is 8.98. The maximum Gasteiger partial charge on any atom is 0.142 e. The molecule has 0 radical (unpaired) electrons. The van der Waals surface area contributed by atoms with Crippen LogP contribution in [0.15, 0.2) is 51.4 Å². The molecule has 4 nitrogen and oxygen atoms in total. The Hall–Kier alpha value is -0.440. The molecule has 0 saturated carbocycles. The predicted molar refractivity (Wildman–Crippen MR) is 102 cm³/mol. The molecule has 0 aromatic heterocycles. The zero-order chi connectivity index (χ0) is 16.1. The van der Waals surface area contributed by atoms with E-state index in [9.17, 15) is 0 Å². The molecule has 1 unspecified atom stereocenters. The van der Waals surface area contributed by atoms with Crippen molar-refractivity contribution >= 4 is 53.7 Å². The first-order chi connectivity index (χ1) is 10.5. The van der Waals surface area contributed by atoms with Gasteiger partial charge in [-0.1, -0.05) is 50.1 Å². The Morgan fingerprint density at radius 1 is 1.18 bits per heavy atom. The number of nitrogens with zero attached hydrogens (tertiary/aromatic N) is 1. The molecule has 5 N–H and O–H groups in total. The Bertz CT molecular complexity index is 636. The van der Waals surface area contributed by atoms with Crippen LogP contribution in [0, 0.1) is 0 Å². The van der Waals surface area contributed by atoms with Crippen LogP contribution >= 0.6 is 48.0 Å². The molecule has 0 fully saturated rings. The smallest absolute Gasteiger partial charge is 0.142 e. The van der Waals surface area contributed by atoms with Gasteiger partial charge >= 0.3 is 0 Å². The van der Waals surface area contributed by atoms with Gasteiger partial charge in [-0.3, -0.25) is 15.0 Å². The lowest BCUT2D eigenvalue weighted by molar-refractivity contribution is 0.532. The summed E-state index contributed by atoms with van der Waals surface area (Å²) in [6.45, 7) is 1.40. The van der Waals surface area contributed by atoms with Gasteiger partial charge in [0, 0.05) is 27.6 Å². The molecule has 7 heteroatoms. The summed E-state index contributed by atoms with van der Waals surface area (Å²) >= 11 is 10.3. The molecule has 0 aliphatic carbocycles. The van der Waals surface area contributed by atoms with Crippen LogP contribution in [0.25, 0.3) is 0 Å². The zero-order valence-corrected chi connectivity index (χ0v) is 16.5. The third kappa shape index (κ3) is 4.53. The number of nitrogens with two attached hydrogens (primary N) is 2. The summed E-state index contributed by atoms with van der Waals surface area (Å²) in [5, 5.41) is 3.16. The standard InChI is InChI=1S/C8H9Br2N3.C7H8BrN/c9-6-2-1-3-7-5(6)4-12-8(11)13(7)10;8-7-3-1-2-6(4-7)5-9/h1-3,8,12H,4,11H2;1-4H,5,9H2. The molecular formula is C15H17Br3N4. The van der Waals surface area contributed by atoms with Crippen LogP contribution in [0.3, 0.4) is 0 Å². The van der Waals surface area contributed by atoms with E-state index in [1.807, 2.05) is 46.4 Å². The van der Waals surface area contributed by atoms with E-state index in [4.69, 9.17) is 11.5 Å². The lowest BCUT2D eigenvalue weighted by Gasteiger charge is -2.32. The first-order valence-electron chi connectivity index (χ1n) is 6.69. The van der Waals surface area contributed by atoms with E-state index in [1.165, 1.54) is 5.56 Å². The Morgan fingerprint density at radius 2 is 1.91 bits per heavy atom. The molecule has 1 heterocycles. The third-order valence-corrected chi connectivity index (χ3v) is 5.24. The molecule has 22 heavy (non-hydrogen) atoms. The van der Waals surface area contributed by atoms with Crippen LogP contribution in [0.2, 0.25) is 0 Å². The molecule has 0 bridgehead atoms. The minimum Gasteiger partial charge on any atom is -0.326 e. The summed E-state index contributed by atoms with van der Waals surface area (Å²) in [4.78, 5) is 0. The van der Waals surface area contributed by atoms with Crippen molar-refractivity contribution in [3.8, 4) is 0 Å².